The average molecular weight is 327 g/mol. The Hall–Kier alpha value is -1.68. The monoisotopic (exact) mass is 326 g/mol. The average Bonchev–Trinajstić information content (AvgIpc) is 2.92. The number of benzene rings is 2. The van der Waals surface area contributed by atoms with E-state index >= 15 is 0 Å². The maximum Gasteiger partial charge on any atom is 0.415 e. The minimum Gasteiger partial charge on any atom is -0.493 e. The van der Waals surface area contributed by atoms with Crippen molar-refractivity contribution in [2.45, 2.75) is 24.4 Å². The fraction of sp³-hybridized carbons (Fsp3) is 0.294. The third-order valence-corrected chi connectivity index (χ3v) is 4.54. The van der Waals surface area contributed by atoms with E-state index in [9.17, 15) is 13.2 Å². The van der Waals surface area contributed by atoms with Crippen molar-refractivity contribution in [2.24, 2.45) is 0 Å². The molecule has 1 nitrogen and oxygen atoms in total. The molecule has 0 spiro atoms. The highest BCUT2D eigenvalue weighted by Crippen LogP contribution is 2.50. The molecular formula is C17H14ClF3O. The van der Waals surface area contributed by atoms with Gasteiger partial charge >= 0.3 is 6.18 Å². The van der Waals surface area contributed by atoms with Crippen molar-refractivity contribution in [3.8, 4) is 5.75 Å². The molecule has 2 aromatic rings. The first-order chi connectivity index (χ1) is 10.3. The molecule has 116 valence electrons. The van der Waals surface area contributed by atoms with Gasteiger partial charge in [0.25, 0.3) is 0 Å². The summed E-state index contributed by atoms with van der Waals surface area (Å²) in [7, 11) is 0. The maximum atomic E-state index is 13.8. The van der Waals surface area contributed by atoms with Gasteiger partial charge in [0.05, 0.1) is 6.61 Å². The summed E-state index contributed by atoms with van der Waals surface area (Å²) in [5, 5.41) is 0. The Morgan fingerprint density at radius 2 is 1.77 bits per heavy atom. The lowest BCUT2D eigenvalue weighted by Crippen LogP contribution is -2.38. The van der Waals surface area contributed by atoms with E-state index in [0.717, 1.165) is 11.1 Å². The zero-order valence-electron chi connectivity index (χ0n) is 11.9. The second-order valence-corrected chi connectivity index (χ2v) is 6.01. The van der Waals surface area contributed by atoms with Gasteiger partial charge in [0.15, 0.2) is 4.87 Å². The molecule has 5 heteroatoms. The van der Waals surface area contributed by atoms with E-state index in [0.29, 0.717) is 18.8 Å². The smallest absolute Gasteiger partial charge is 0.415 e. The highest BCUT2D eigenvalue weighted by atomic mass is 35.5. The number of fused-ring (bicyclic) bond motifs is 1. The Balaban J connectivity index is 2.19. The van der Waals surface area contributed by atoms with E-state index in [1.54, 1.807) is 25.1 Å². The van der Waals surface area contributed by atoms with Gasteiger partial charge < -0.3 is 4.74 Å². The minimum atomic E-state index is -4.62. The summed E-state index contributed by atoms with van der Waals surface area (Å²) >= 11 is 6.17. The van der Waals surface area contributed by atoms with Gasteiger partial charge in [0.2, 0.25) is 0 Å². The van der Waals surface area contributed by atoms with Gasteiger partial charge in [-0.05, 0) is 35.7 Å². The Kier molecular flexibility index (Phi) is 3.60. The summed E-state index contributed by atoms with van der Waals surface area (Å²) in [5.41, 5.74) is 1.55. The minimum absolute atomic E-state index is 0.0246. The lowest BCUT2D eigenvalue weighted by Gasteiger charge is -2.31. The molecule has 2 aromatic carbocycles. The summed E-state index contributed by atoms with van der Waals surface area (Å²) in [5.74, 6) is 0.634. The van der Waals surface area contributed by atoms with Crippen LogP contribution in [0.25, 0.3) is 0 Å². The summed E-state index contributed by atoms with van der Waals surface area (Å²) in [6.07, 6.45) is -4.02. The number of alkyl halides is 4. The first-order valence-electron chi connectivity index (χ1n) is 6.91. The topological polar surface area (TPSA) is 9.23 Å². The van der Waals surface area contributed by atoms with E-state index in [-0.39, 0.29) is 11.1 Å². The SMILES string of the molecule is Cc1cccc(C(Cl)(c2ccc3c(c2)CCO3)C(F)(F)F)c1. The largest absolute Gasteiger partial charge is 0.493 e. The third-order valence-electron chi connectivity index (χ3n) is 3.89. The predicted molar refractivity (Wildman–Crippen MR) is 79.5 cm³/mol. The van der Waals surface area contributed by atoms with Crippen molar-refractivity contribution in [1.82, 2.24) is 0 Å². The van der Waals surface area contributed by atoms with Crippen LogP contribution in [-0.2, 0) is 11.3 Å². The lowest BCUT2D eigenvalue weighted by molar-refractivity contribution is -0.154. The zero-order chi connectivity index (χ0) is 16.0. The maximum absolute atomic E-state index is 13.8. The number of hydrogen-bond acceptors (Lipinski definition) is 1. The molecule has 0 aliphatic carbocycles. The standard InChI is InChI=1S/C17H14ClF3O/c1-11-3-2-4-13(9-11)16(18,17(19,20)21)14-5-6-15-12(10-14)7-8-22-15/h2-6,9-10H,7-8H2,1H3. The van der Waals surface area contributed by atoms with Crippen LogP contribution >= 0.6 is 11.6 Å². The normalized spacial score (nSPS) is 16.8. The van der Waals surface area contributed by atoms with Crippen LogP contribution in [-0.4, -0.2) is 12.8 Å². The second kappa shape index (κ2) is 5.20. The van der Waals surface area contributed by atoms with Gasteiger partial charge in [0.1, 0.15) is 5.75 Å². The number of hydrogen-bond donors (Lipinski definition) is 0. The molecule has 1 aliphatic heterocycles. The Bertz CT molecular complexity index is 711. The molecule has 22 heavy (non-hydrogen) atoms. The summed E-state index contributed by atoms with van der Waals surface area (Å²) in [6.45, 7) is 2.23. The fourth-order valence-corrected chi connectivity index (χ4v) is 2.99. The lowest BCUT2D eigenvalue weighted by atomic mass is 9.87. The second-order valence-electron chi connectivity index (χ2n) is 5.45. The number of rotatable bonds is 2. The molecule has 1 unspecified atom stereocenters. The summed E-state index contributed by atoms with van der Waals surface area (Å²) < 4.78 is 46.7. The quantitative estimate of drug-likeness (QED) is 0.708. The molecule has 3 rings (SSSR count). The van der Waals surface area contributed by atoms with Crippen molar-refractivity contribution in [1.29, 1.82) is 0 Å². The molecule has 1 atom stereocenters. The molecule has 1 aliphatic rings. The van der Waals surface area contributed by atoms with Gasteiger partial charge in [0, 0.05) is 6.42 Å². The van der Waals surface area contributed by atoms with Crippen molar-refractivity contribution < 1.29 is 17.9 Å². The van der Waals surface area contributed by atoms with Gasteiger partial charge in [-0.15, -0.1) is 0 Å². The molecule has 0 fully saturated rings. The Morgan fingerprint density at radius 3 is 2.45 bits per heavy atom. The molecule has 1 heterocycles. The zero-order valence-corrected chi connectivity index (χ0v) is 12.6. The molecule has 0 radical (unpaired) electrons. The van der Waals surface area contributed by atoms with Crippen molar-refractivity contribution in [2.75, 3.05) is 6.61 Å². The van der Waals surface area contributed by atoms with Crippen LogP contribution in [0.3, 0.4) is 0 Å². The van der Waals surface area contributed by atoms with E-state index in [1.165, 1.54) is 24.3 Å². The van der Waals surface area contributed by atoms with Gasteiger partial charge in [-0.1, -0.05) is 47.5 Å². The highest BCUT2D eigenvalue weighted by Gasteiger charge is 2.56. The van der Waals surface area contributed by atoms with Gasteiger partial charge in [-0.3, -0.25) is 0 Å². The highest BCUT2D eigenvalue weighted by molar-refractivity contribution is 6.26. The van der Waals surface area contributed by atoms with E-state index in [4.69, 9.17) is 16.3 Å². The van der Waals surface area contributed by atoms with E-state index < -0.39 is 11.1 Å². The Labute approximate surface area is 131 Å². The Morgan fingerprint density at radius 1 is 1.05 bits per heavy atom. The van der Waals surface area contributed by atoms with Crippen LogP contribution in [0.15, 0.2) is 42.5 Å². The summed E-state index contributed by atoms with van der Waals surface area (Å²) in [6, 6.07) is 10.7. The molecule has 0 bridgehead atoms. The molecule has 0 amide bonds. The van der Waals surface area contributed by atoms with Crippen LogP contribution in [0.2, 0.25) is 0 Å². The first kappa shape index (κ1) is 15.2. The first-order valence-corrected chi connectivity index (χ1v) is 7.29. The van der Waals surface area contributed by atoms with Crippen molar-refractivity contribution in [3.63, 3.8) is 0 Å². The van der Waals surface area contributed by atoms with Gasteiger partial charge in [-0.25, -0.2) is 0 Å². The van der Waals surface area contributed by atoms with Crippen LogP contribution in [0.5, 0.6) is 5.75 Å². The van der Waals surface area contributed by atoms with Gasteiger partial charge in [-0.2, -0.15) is 13.2 Å². The van der Waals surface area contributed by atoms with E-state index in [1.807, 2.05) is 0 Å². The number of halogens is 4. The van der Waals surface area contributed by atoms with Crippen molar-refractivity contribution >= 4 is 11.6 Å². The molecule has 0 saturated carbocycles. The summed E-state index contributed by atoms with van der Waals surface area (Å²) in [4.78, 5) is -2.56. The molecule has 0 N–H and O–H groups in total. The molecule has 0 aromatic heterocycles. The number of ether oxygens (including phenoxy) is 1. The predicted octanol–water partition coefficient (Wildman–Crippen LogP) is 4.97. The van der Waals surface area contributed by atoms with Crippen LogP contribution in [0.1, 0.15) is 22.3 Å². The van der Waals surface area contributed by atoms with Crippen LogP contribution < -0.4 is 4.74 Å². The van der Waals surface area contributed by atoms with Crippen LogP contribution in [0.4, 0.5) is 13.2 Å². The van der Waals surface area contributed by atoms with E-state index in [2.05, 4.69) is 0 Å². The number of aryl methyl sites for hydroxylation is 1. The van der Waals surface area contributed by atoms with Crippen LogP contribution in [0, 0.1) is 6.92 Å². The molecule has 0 saturated heterocycles. The fourth-order valence-electron chi connectivity index (χ4n) is 2.75. The molecular weight excluding hydrogens is 313 g/mol. The van der Waals surface area contributed by atoms with Crippen molar-refractivity contribution in [3.05, 3.63) is 64.7 Å². The third kappa shape index (κ3) is 2.35.